The van der Waals surface area contributed by atoms with Crippen LogP contribution in [0.4, 0.5) is 0 Å². The summed E-state index contributed by atoms with van der Waals surface area (Å²) < 4.78 is 18.2. The molecule has 3 fully saturated rings. The number of esters is 2. The normalized spacial score (nSPS) is 46.8. The fourth-order valence-electron chi connectivity index (χ4n) is 7.03. The zero-order valence-corrected chi connectivity index (χ0v) is 19.0. The zero-order chi connectivity index (χ0) is 21.7. The molecule has 0 amide bonds. The van der Waals surface area contributed by atoms with Gasteiger partial charge in [-0.05, 0) is 64.2 Å². The molecule has 0 unspecified atom stereocenters. The predicted molar refractivity (Wildman–Crippen MR) is 111 cm³/mol. The summed E-state index contributed by atoms with van der Waals surface area (Å²) in [6.45, 7) is 16.3. The van der Waals surface area contributed by atoms with E-state index in [1.165, 1.54) is 13.8 Å². The maximum absolute atomic E-state index is 12.0. The molecule has 0 N–H and O–H groups in total. The summed E-state index contributed by atoms with van der Waals surface area (Å²) in [7, 11) is 0. The van der Waals surface area contributed by atoms with Crippen LogP contribution in [-0.2, 0) is 23.8 Å². The van der Waals surface area contributed by atoms with Crippen LogP contribution < -0.4 is 0 Å². The van der Waals surface area contributed by atoms with Gasteiger partial charge in [0.05, 0.1) is 17.8 Å². The zero-order valence-electron chi connectivity index (χ0n) is 19.0. The third kappa shape index (κ3) is 3.75. The summed E-state index contributed by atoms with van der Waals surface area (Å²) in [5, 5.41) is 0. The summed E-state index contributed by atoms with van der Waals surface area (Å²) in [6, 6.07) is 0. The maximum Gasteiger partial charge on any atom is 0.302 e. The van der Waals surface area contributed by atoms with E-state index in [1.807, 2.05) is 6.08 Å². The van der Waals surface area contributed by atoms with Gasteiger partial charge in [0.1, 0.15) is 6.10 Å². The van der Waals surface area contributed by atoms with Crippen LogP contribution in [0.25, 0.3) is 0 Å². The number of carbonyl (C=O) groups excluding carboxylic acids is 2. The Morgan fingerprint density at radius 3 is 2.24 bits per heavy atom. The van der Waals surface area contributed by atoms with Crippen molar-refractivity contribution in [1.82, 2.24) is 0 Å². The van der Waals surface area contributed by atoms with Crippen LogP contribution in [0.3, 0.4) is 0 Å². The standard InChI is InChI=1S/C24H38O5/c1-8-22(5)13-9-19-23(6,29-22)14-10-18-21(4,15-27-16(2)25)12-11-20(24(18,19)7)28-17(3)26/h8,18-20H,1,9-15H2,2-7H3/t18-,19-,20-,21-,22-,23+,24-/m0/s1. The van der Waals surface area contributed by atoms with Gasteiger partial charge in [0.2, 0.25) is 0 Å². The molecule has 164 valence electrons. The second kappa shape index (κ2) is 7.40. The van der Waals surface area contributed by atoms with Gasteiger partial charge < -0.3 is 14.2 Å². The van der Waals surface area contributed by atoms with Crippen molar-refractivity contribution >= 4 is 11.9 Å². The van der Waals surface area contributed by atoms with Gasteiger partial charge in [0, 0.05) is 24.7 Å². The molecule has 5 heteroatoms. The van der Waals surface area contributed by atoms with Crippen LogP contribution in [0.2, 0.25) is 0 Å². The molecule has 3 rings (SSSR count). The number of rotatable bonds is 4. The molecule has 2 aliphatic carbocycles. The molecule has 0 radical (unpaired) electrons. The molecule has 1 aliphatic heterocycles. The van der Waals surface area contributed by atoms with E-state index < -0.39 is 0 Å². The Balaban J connectivity index is 2.00. The molecule has 2 saturated carbocycles. The highest BCUT2D eigenvalue weighted by atomic mass is 16.5. The van der Waals surface area contributed by atoms with Gasteiger partial charge in [-0.2, -0.15) is 0 Å². The van der Waals surface area contributed by atoms with E-state index in [2.05, 4.69) is 34.3 Å². The van der Waals surface area contributed by atoms with E-state index in [-0.39, 0.29) is 46.0 Å². The van der Waals surface area contributed by atoms with E-state index in [0.29, 0.717) is 12.5 Å². The summed E-state index contributed by atoms with van der Waals surface area (Å²) in [5.41, 5.74) is -0.961. The molecular weight excluding hydrogens is 368 g/mol. The van der Waals surface area contributed by atoms with Crippen molar-refractivity contribution in [1.29, 1.82) is 0 Å². The van der Waals surface area contributed by atoms with Crippen molar-refractivity contribution in [3.8, 4) is 0 Å². The van der Waals surface area contributed by atoms with E-state index >= 15 is 0 Å². The Bertz CT molecular complexity index is 689. The molecule has 3 aliphatic rings. The van der Waals surface area contributed by atoms with Gasteiger partial charge in [-0.25, -0.2) is 0 Å². The quantitative estimate of drug-likeness (QED) is 0.494. The van der Waals surface area contributed by atoms with Crippen molar-refractivity contribution in [2.24, 2.45) is 22.7 Å². The first kappa shape index (κ1) is 22.3. The topological polar surface area (TPSA) is 61.8 Å². The van der Waals surface area contributed by atoms with Crippen LogP contribution in [0.1, 0.15) is 80.1 Å². The number of carbonyl (C=O) groups is 2. The largest absolute Gasteiger partial charge is 0.465 e. The van der Waals surface area contributed by atoms with Crippen LogP contribution >= 0.6 is 0 Å². The Kier molecular flexibility index (Phi) is 5.70. The molecule has 5 nitrogen and oxygen atoms in total. The van der Waals surface area contributed by atoms with Crippen LogP contribution in [-0.4, -0.2) is 35.9 Å². The predicted octanol–water partition coefficient (Wildman–Crippen LogP) is 4.83. The van der Waals surface area contributed by atoms with Crippen LogP contribution in [0.5, 0.6) is 0 Å². The summed E-state index contributed by atoms with van der Waals surface area (Å²) >= 11 is 0. The number of fused-ring (bicyclic) bond motifs is 3. The van der Waals surface area contributed by atoms with Crippen molar-refractivity contribution in [3.05, 3.63) is 12.7 Å². The Morgan fingerprint density at radius 1 is 1.00 bits per heavy atom. The molecule has 0 aromatic rings. The lowest BCUT2D eigenvalue weighted by atomic mass is 9.43. The molecule has 1 saturated heterocycles. The molecule has 0 bridgehead atoms. The van der Waals surface area contributed by atoms with Gasteiger partial charge >= 0.3 is 11.9 Å². The van der Waals surface area contributed by atoms with Gasteiger partial charge in [-0.3, -0.25) is 9.59 Å². The van der Waals surface area contributed by atoms with E-state index in [4.69, 9.17) is 14.2 Å². The SMILES string of the molecule is C=C[C@@]1(C)CC[C@@H]2[C@@]3(C)[C@@H](OC(C)=O)CC[C@@](C)(COC(C)=O)[C@@H]3CC[C@@]2(C)O1. The molecule has 7 atom stereocenters. The first-order chi connectivity index (χ1) is 13.4. The number of hydrogen-bond acceptors (Lipinski definition) is 5. The van der Waals surface area contributed by atoms with Gasteiger partial charge in [0.25, 0.3) is 0 Å². The van der Waals surface area contributed by atoms with Gasteiger partial charge in [-0.15, -0.1) is 6.58 Å². The Labute approximate surface area is 175 Å². The lowest BCUT2D eigenvalue weighted by molar-refractivity contribution is -0.280. The lowest BCUT2D eigenvalue weighted by Crippen LogP contribution is -2.67. The molecule has 0 aromatic carbocycles. The Morgan fingerprint density at radius 2 is 1.66 bits per heavy atom. The van der Waals surface area contributed by atoms with Crippen LogP contribution in [0, 0.1) is 22.7 Å². The van der Waals surface area contributed by atoms with Crippen molar-refractivity contribution in [2.75, 3.05) is 6.61 Å². The number of ether oxygens (including phenoxy) is 3. The first-order valence-electron chi connectivity index (χ1n) is 11.0. The Hall–Kier alpha value is -1.36. The van der Waals surface area contributed by atoms with Crippen molar-refractivity contribution in [3.63, 3.8) is 0 Å². The first-order valence-corrected chi connectivity index (χ1v) is 11.0. The molecule has 29 heavy (non-hydrogen) atoms. The molecule has 0 aromatic heterocycles. The van der Waals surface area contributed by atoms with Crippen molar-refractivity contribution in [2.45, 2.75) is 97.4 Å². The van der Waals surface area contributed by atoms with Crippen LogP contribution in [0.15, 0.2) is 12.7 Å². The third-order valence-electron chi connectivity index (χ3n) is 8.42. The average molecular weight is 407 g/mol. The minimum Gasteiger partial charge on any atom is -0.465 e. The fraction of sp³-hybridized carbons (Fsp3) is 0.833. The lowest BCUT2D eigenvalue weighted by Gasteiger charge is -2.66. The van der Waals surface area contributed by atoms with Gasteiger partial charge in [0.15, 0.2) is 0 Å². The van der Waals surface area contributed by atoms with E-state index in [9.17, 15) is 9.59 Å². The third-order valence-corrected chi connectivity index (χ3v) is 8.42. The summed E-state index contributed by atoms with van der Waals surface area (Å²) in [4.78, 5) is 23.5. The molecule has 0 spiro atoms. The smallest absolute Gasteiger partial charge is 0.302 e. The summed E-state index contributed by atoms with van der Waals surface area (Å²) in [6.07, 6.45) is 7.29. The highest BCUT2D eigenvalue weighted by Crippen LogP contribution is 2.66. The second-order valence-corrected chi connectivity index (χ2v) is 10.6. The summed E-state index contributed by atoms with van der Waals surface area (Å²) in [5.74, 6) is 0.0993. The minimum atomic E-state index is -0.318. The monoisotopic (exact) mass is 406 g/mol. The van der Waals surface area contributed by atoms with Gasteiger partial charge in [-0.1, -0.05) is 19.9 Å². The average Bonchev–Trinajstić information content (AvgIpc) is 2.62. The maximum atomic E-state index is 12.0. The fourth-order valence-corrected chi connectivity index (χ4v) is 7.03. The van der Waals surface area contributed by atoms with E-state index in [0.717, 1.165) is 38.5 Å². The number of hydrogen-bond donors (Lipinski definition) is 0. The second-order valence-electron chi connectivity index (χ2n) is 10.6. The molecular formula is C24H38O5. The highest BCUT2D eigenvalue weighted by molar-refractivity contribution is 5.66. The molecule has 1 heterocycles. The van der Waals surface area contributed by atoms with E-state index in [1.54, 1.807) is 0 Å². The minimum absolute atomic E-state index is 0.127. The van der Waals surface area contributed by atoms with Crippen molar-refractivity contribution < 1.29 is 23.8 Å². The highest BCUT2D eigenvalue weighted by Gasteiger charge is 2.66.